The lowest BCUT2D eigenvalue weighted by molar-refractivity contribution is 0.00295. The summed E-state index contributed by atoms with van der Waals surface area (Å²) in [5.41, 5.74) is -0.491. The van der Waals surface area contributed by atoms with Crippen LogP contribution in [0.25, 0.3) is 0 Å². The first-order valence-corrected chi connectivity index (χ1v) is 5.88. The third-order valence-electron chi connectivity index (χ3n) is 2.90. The van der Waals surface area contributed by atoms with Gasteiger partial charge in [-0.05, 0) is 12.8 Å². The highest BCUT2D eigenvalue weighted by atomic mass is 16.5. The minimum atomic E-state index is -0.491. The van der Waals surface area contributed by atoms with Gasteiger partial charge >= 0.3 is 0 Å². The maximum atomic E-state index is 10.1. The van der Waals surface area contributed by atoms with Crippen molar-refractivity contribution in [2.24, 2.45) is 0 Å². The van der Waals surface area contributed by atoms with Crippen LogP contribution >= 0.6 is 0 Å². The van der Waals surface area contributed by atoms with E-state index in [1.807, 2.05) is 0 Å². The lowest BCUT2D eigenvalue weighted by Crippen LogP contribution is -2.43. The summed E-state index contributed by atoms with van der Waals surface area (Å²) < 4.78 is 5.11. The third-order valence-corrected chi connectivity index (χ3v) is 2.90. The Kier molecular flexibility index (Phi) is 6.17. The first kappa shape index (κ1) is 12.9. The normalized spacial score (nSPS) is 20.4. The highest BCUT2D eigenvalue weighted by Gasteiger charge is 2.28. The number of aliphatic hydroxyl groups is 2. The molecule has 3 N–H and O–H groups in total. The van der Waals surface area contributed by atoms with Crippen molar-refractivity contribution >= 4 is 0 Å². The molecule has 1 aliphatic carbocycles. The lowest BCUT2D eigenvalue weighted by atomic mass is 9.85. The van der Waals surface area contributed by atoms with E-state index in [4.69, 9.17) is 9.84 Å². The quantitative estimate of drug-likeness (QED) is 0.536. The van der Waals surface area contributed by atoms with E-state index >= 15 is 0 Å². The van der Waals surface area contributed by atoms with Gasteiger partial charge in [0.25, 0.3) is 0 Å². The van der Waals surface area contributed by atoms with Crippen LogP contribution in [-0.4, -0.2) is 48.7 Å². The van der Waals surface area contributed by atoms with Crippen LogP contribution in [0.2, 0.25) is 0 Å². The summed E-state index contributed by atoms with van der Waals surface area (Å²) in [5.74, 6) is 0. The van der Waals surface area contributed by atoms with Crippen LogP contribution in [-0.2, 0) is 4.74 Å². The molecule has 4 nitrogen and oxygen atoms in total. The molecule has 0 saturated heterocycles. The first-order chi connectivity index (χ1) is 7.27. The second-order valence-electron chi connectivity index (χ2n) is 4.30. The molecule has 90 valence electrons. The monoisotopic (exact) mass is 217 g/mol. The summed E-state index contributed by atoms with van der Waals surface area (Å²) in [7, 11) is 0. The van der Waals surface area contributed by atoms with E-state index in [0.29, 0.717) is 19.8 Å². The minimum Gasteiger partial charge on any atom is -0.394 e. The van der Waals surface area contributed by atoms with E-state index in [-0.39, 0.29) is 6.61 Å². The number of nitrogens with one attached hydrogen (secondary N) is 1. The number of hydrogen-bond acceptors (Lipinski definition) is 4. The van der Waals surface area contributed by atoms with Crippen molar-refractivity contribution in [2.75, 3.05) is 32.9 Å². The number of aliphatic hydroxyl groups excluding tert-OH is 1. The van der Waals surface area contributed by atoms with Crippen LogP contribution in [0.5, 0.6) is 0 Å². The Balaban J connectivity index is 1.98. The first-order valence-electron chi connectivity index (χ1n) is 5.88. The molecule has 0 aliphatic heterocycles. The Bertz CT molecular complexity index is 158. The van der Waals surface area contributed by atoms with Crippen molar-refractivity contribution < 1.29 is 14.9 Å². The molecule has 0 aromatic rings. The molecule has 1 aliphatic rings. The molecule has 0 spiro atoms. The fraction of sp³-hybridized carbons (Fsp3) is 1.00. The maximum absolute atomic E-state index is 10.1. The van der Waals surface area contributed by atoms with E-state index in [1.54, 1.807) is 0 Å². The highest BCUT2D eigenvalue weighted by Crippen LogP contribution is 2.27. The Morgan fingerprint density at radius 1 is 1.13 bits per heavy atom. The van der Waals surface area contributed by atoms with E-state index in [2.05, 4.69) is 5.32 Å². The smallest absolute Gasteiger partial charge is 0.0771 e. The van der Waals surface area contributed by atoms with Crippen LogP contribution in [0.15, 0.2) is 0 Å². The van der Waals surface area contributed by atoms with Crippen LogP contribution in [0.4, 0.5) is 0 Å². The second kappa shape index (κ2) is 7.17. The molecule has 0 aromatic heterocycles. The van der Waals surface area contributed by atoms with E-state index < -0.39 is 5.60 Å². The molecular weight excluding hydrogens is 194 g/mol. The van der Waals surface area contributed by atoms with Gasteiger partial charge in [0.2, 0.25) is 0 Å². The van der Waals surface area contributed by atoms with Crippen molar-refractivity contribution in [1.82, 2.24) is 5.32 Å². The van der Waals surface area contributed by atoms with E-state index in [0.717, 1.165) is 32.2 Å². The second-order valence-corrected chi connectivity index (χ2v) is 4.30. The standard InChI is InChI=1S/C11H23NO3/c13-7-9-15-8-6-12-10-11(14)4-2-1-3-5-11/h12-14H,1-10H2. The van der Waals surface area contributed by atoms with Gasteiger partial charge in [-0.2, -0.15) is 0 Å². The van der Waals surface area contributed by atoms with Gasteiger partial charge in [-0.3, -0.25) is 0 Å². The SMILES string of the molecule is OCCOCCNCC1(O)CCCCC1. The van der Waals surface area contributed by atoms with Crippen LogP contribution in [0.3, 0.4) is 0 Å². The lowest BCUT2D eigenvalue weighted by Gasteiger charge is -2.32. The molecule has 1 fully saturated rings. The van der Waals surface area contributed by atoms with Crippen molar-refractivity contribution in [3.8, 4) is 0 Å². The molecule has 0 radical (unpaired) electrons. The molecule has 0 aromatic carbocycles. The number of rotatable bonds is 7. The van der Waals surface area contributed by atoms with Crippen molar-refractivity contribution in [3.63, 3.8) is 0 Å². The third kappa shape index (κ3) is 5.47. The van der Waals surface area contributed by atoms with Crippen molar-refractivity contribution in [1.29, 1.82) is 0 Å². The van der Waals surface area contributed by atoms with Crippen LogP contribution in [0, 0.1) is 0 Å². The average molecular weight is 217 g/mol. The Labute approximate surface area is 91.6 Å². The zero-order valence-electron chi connectivity index (χ0n) is 9.37. The van der Waals surface area contributed by atoms with E-state index in [9.17, 15) is 5.11 Å². The van der Waals surface area contributed by atoms with Gasteiger partial charge in [-0.1, -0.05) is 19.3 Å². The summed E-state index contributed by atoms with van der Waals surface area (Å²) in [6, 6.07) is 0. The topological polar surface area (TPSA) is 61.7 Å². The number of ether oxygens (including phenoxy) is 1. The summed E-state index contributed by atoms with van der Waals surface area (Å²) in [6.45, 7) is 2.46. The van der Waals surface area contributed by atoms with Crippen LogP contribution < -0.4 is 5.32 Å². The predicted molar refractivity (Wildman–Crippen MR) is 58.8 cm³/mol. The molecule has 0 heterocycles. The van der Waals surface area contributed by atoms with E-state index in [1.165, 1.54) is 6.42 Å². The zero-order valence-corrected chi connectivity index (χ0v) is 9.37. The Morgan fingerprint density at radius 2 is 1.87 bits per heavy atom. The molecule has 0 amide bonds. The van der Waals surface area contributed by atoms with Crippen molar-refractivity contribution in [3.05, 3.63) is 0 Å². The minimum absolute atomic E-state index is 0.0734. The van der Waals surface area contributed by atoms with Gasteiger partial charge in [0.1, 0.15) is 0 Å². The molecule has 0 unspecified atom stereocenters. The fourth-order valence-corrected chi connectivity index (χ4v) is 2.02. The zero-order chi connectivity index (χ0) is 11.0. The molecule has 15 heavy (non-hydrogen) atoms. The highest BCUT2D eigenvalue weighted by molar-refractivity contribution is 4.84. The van der Waals surface area contributed by atoms with Gasteiger partial charge in [0.05, 0.1) is 25.4 Å². The molecule has 0 atom stereocenters. The summed E-state index contributed by atoms with van der Waals surface area (Å²) >= 11 is 0. The van der Waals surface area contributed by atoms with Crippen molar-refractivity contribution in [2.45, 2.75) is 37.7 Å². The molecule has 4 heteroatoms. The van der Waals surface area contributed by atoms with Gasteiger partial charge in [-0.15, -0.1) is 0 Å². The molecule has 1 rings (SSSR count). The average Bonchev–Trinajstić information content (AvgIpc) is 2.24. The summed E-state index contributed by atoms with van der Waals surface area (Å²) in [6.07, 6.45) is 5.36. The molecular formula is C11H23NO3. The molecule has 0 bridgehead atoms. The number of hydrogen-bond donors (Lipinski definition) is 3. The van der Waals surface area contributed by atoms with Gasteiger partial charge in [-0.25, -0.2) is 0 Å². The largest absolute Gasteiger partial charge is 0.394 e. The van der Waals surface area contributed by atoms with Gasteiger partial charge < -0.3 is 20.3 Å². The summed E-state index contributed by atoms with van der Waals surface area (Å²) in [4.78, 5) is 0. The summed E-state index contributed by atoms with van der Waals surface area (Å²) in [5, 5.41) is 21.8. The Morgan fingerprint density at radius 3 is 2.53 bits per heavy atom. The maximum Gasteiger partial charge on any atom is 0.0771 e. The fourth-order valence-electron chi connectivity index (χ4n) is 2.02. The molecule has 1 saturated carbocycles. The van der Waals surface area contributed by atoms with Gasteiger partial charge in [0, 0.05) is 13.1 Å². The predicted octanol–water partition coefficient (Wildman–Crippen LogP) is 0.280. The van der Waals surface area contributed by atoms with Crippen LogP contribution in [0.1, 0.15) is 32.1 Å². The Hall–Kier alpha value is -0.160. The van der Waals surface area contributed by atoms with Gasteiger partial charge in [0.15, 0.2) is 0 Å².